The highest BCUT2D eigenvalue weighted by atomic mass is 14.9. The highest BCUT2D eigenvalue weighted by molar-refractivity contribution is 5.93. The summed E-state index contributed by atoms with van der Waals surface area (Å²) in [5, 5.41) is 14.7. The van der Waals surface area contributed by atoms with Crippen molar-refractivity contribution in [1.29, 1.82) is 5.26 Å². The first-order valence-corrected chi connectivity index (χ1v) is 6.87. The molecule has 0 saturated heterocycles. The van der Waals surface area contributed by atoms with Crippen LogP contribution in [0.1, 0.15) is 24.1 Å². The van der Waals surface area contributed by atoms with E-state index in [9.17, 15) is 0 Å². The maximum absolute atomic E-state index is 8.85. The van der Waals surface area contributed by atoms with Gasteiger partial charge in [-0.2, -0.15) is 5.26 Å². The lowest BCUT2D eigenvalue weighted by Gasteiger charge is -2.17. The lowest BCUT2D eigenvalue weighted by molar-refractivity contribution is 0.886. The number of benzene rings is 2. The average molecular weight is 273 g/mol. The fraction of sp³-hybridized carbons (Fsp3) is 0.111. The number of aromatic nitrogens is 1. The zero-order valence-corrected chi connectivity index (χ0v) is 11.7. The summed E-state index contributed by atoms with van der Waals surface area (Å²) in [5.41, 5.74) is 2.93. The number of fused-ring (bicyclic) bond motifs is 1. The van der Waals surface area contributed by atoms with E-state index >= 15 is 0 Å². The largest absolute Gasteiger partial charge is 0.378 e. The van der Waals surface area contributed by atoms with Gasteiger partial charge in [0.2, 0.25) is 0 Å². The van der Waals surface area contributed by atoms with E-state index in [0.29, 0.717) is 5.56 Å². The van der Waals surface area contributed by atoms with Gasteiger partial charge in [-0.15, -0.1) is 0 Å². The van der Waals surface area contributed by atoms with Crippen molar-refractivity contribution in [3.05, 3.63) is 72.1 Å². The number of nitrogens with zero attached hydrogens (tertiary/aromatic N) is 2. The molecule has 1 atom stereocenters. The smallest absolute Gasteiger partial charge is 0.0991 e. The Morgan fingerprint density at radius 1 is 1.10 bits per heavy atom. The van der Waals surface area contributed by atoms with Crippen molar-refractivity contribution in [2.75, 3.05) is 5.32 Å². The van der Waals surface area contributed by atoms with Crippen LogP contribution in [0.2, 0.25) is 0 Å². The molecule has 0 aliphatic carbocycles. The van der Waals surface area contributed by atoms with Crippen LogP contribution >= 0.6 is 0 Å². The summed E-state index contributed by atoms with van der Waals surface area (Å²) in [7, 11) is 0. The van der Waals surface area contributed by atoms with Crippen molar-refractivity contribution in [3.63, 3.8) is 0 Å². The average Bonchev–Trinajstić information content (AvgIpc) is 2.55. The minimum absolute atomic E-state index is 0.163. The Morgan fingerprint density at radius 3 is 2.67 bits per heavy atom. The van der Waals surface area contributed by atoms with Crippen LogP contribution in [0.5, 0.6) is 0 Å². The van der Waals surface area contributed by atoms with Gasteiger partial charge < -0.3 is 5.32 Å². The molecule has 0 aliphatic heterocycles. The second-order valence-corrected chi connectivity index (χ2v) is 5.00. The third-order valence-corrected chi connectivity index (χ3v) is 3.59. The molecule has 2 aromatic carbocycles. The first-order chi connectivity index (χ1) is 10.3. The standard InChI is InChI=1S/C18H15N3/c1-13(15-7-5-14(11-19)6-8-15)21-18-4-2-3-16-12-20-10-9-17(16)18/h2-10,12-13,21H,1H3. The summed E-state index contributed by atoms with van der Waals surface area (Å²) in [4.78, 5) is 4.15. The molecule has 3 aromatic rings. The maximum atomic E-state index is 8.85. The molecule has 1 N–H and O–H groups in total. The lowest BCUT2D eigenvalue weighted by Crippen LogP contribution is -2.06. The van der Waals surface area contributed by atoms with E-state index in [1.54, 1.807) is 6.20 Å². The predicted octanol–water partition coefficient (Wildman–Crippen LogP) is 4.28. The summed E-state index contributed by atoms with van der Waals surface area (Å²) in [6, 6.07) is 18.1. The van der Waals surface area contributed by atoms with E-state index in [1.807, 2.05) is 42.6 Å². The molecule has 3 heteroatoms. The number of hydrogen-bond acceptors (Lipinski definition) is 3. The SMILES string of the molecule is CC(Nc1cccc2cnccc12)c1ccc(C#N)cc1. The van der Waals surface area contributed by atoms with Crippen LogP contribution in [-0.4, -0.2) is 4.98 Å². The van der Waals surface area contributed by atoms with Crippen LogP contribution in [0.4, 0.5) is 5.69 Å². The molecular formula is C18H15N3. The van der Waals surface area contributed by atoms with Gasteiger partial charge in [0.25, 0.3) is 0 Å². The molecular weight excluding hydrogens is 258 g/mol. The Morgan fingerprint density at radius 2 is 1.90 bits per heavy atom. The molecule has 1 unspecified atom stereocenters. The van der Waals surface area contributed by atoms with Crippen LogP contribution in [0.3, 0.4) is 0 Å². The number of rotatable bonds is 3. The van der Waals surface area contributed by atoms with Crippen molar-refractivity contribution in [1.82, 2.24) is 4.98 Å². The summed E-state index contributed by atoms with van der Waals surface area (Å²) < 4.78 is 0. The monoisotopic (exact) mass is 273 g/mol. The molecule has 21 heavy (non-hydrogen) atoms. The van der Waals surface area contributed by atoms with E-state index < -0.39 is 0 Å². The Kier molecular flexibility index (Phi) is 3.53. The van der Waals surface area contributed by atoms with Gasteiger partial charge in [-0.25, -0.2) is 0 Å². The molecule has 0 radical (unpaired) electrons. The number of hydrogen-bond donors (Lipinski definition) is 1. The molecule has 3 rings (SSSR count). The first-order valence-electron chi connectivity index (χ1n) is 6.87. The van der Waals surface area contributed by atoms with Gasteiger partial charge in [0.15, 0.2) is 0 Å². The Hall–Kier alpha value is -2.86. The van der Waals surface area contributed by atoms with Gasteiger partial charge in [-0.3, -0.25) is 4.98 Å². The van der Waals surface area contributed by atoms with Crippen molar-refractivity contribution >= 4 is 16.5 Å². The Labute approximate surface area is 123 Å². The van der Waals surface area contributed by atoms with Crippen LogP contribution in [0.25, 0.3) is 10.8 Å². The maximum Gasteiger partial charge on any atom is 0.0991 e. The fourth-order valence-corrected chi connectivity index (χ4v) is 2.41. The Balaban J connectivity index is 1.89. The molecule has 102 valence electrons. The third kappa shape index (κ3) is 2.70. The van der Waals surface area contributed by atoms with Gasteiger partial charge in [-0.05, 0) is 36.8 Å². The van der Waals surface area contributed by atoms with Crippen LogP contribution in [0.15, 0.2) is 60.9 Å². The molecule has 0 saturated carbocycles. The third-order valence-electron chi connectivity index (χ3n) is 3.59. The zero-order chi connectivity index (χ0) is 14.7. The molecule has 0 aliphatic rings. The molecule has 0 fully saturated rings. The molecule has 0 bridgehead atoms. The normalized spacial score (nSPS) is 11.8. The highest BCUT2D eigenvalue weighted by Gasteiger charge is 2.07. The minimum atomic E-state index is 0.163. The van der Waals surface area contributed by atoms with Crippen molar-refractivity contribution in [2.24, 2.45) is 0 Å². The molecule has 0 spiro atoms. The fourth-order valence-electron chi connectivity index (χ4n) is 2.41. The van der Waals surface area contributed by atoms with Crippen LogP contribution < -0.4 is 5.32 Å². The molecule has 1 heterocycles. The van der Waals surface area contributed by atoms with E-state index in [2.05, 4.69) is 35.4 Å². The number of pyridine rings is 1. The van der Waals surface area contributed by atoms with Gasteiger partial charge >= 0.3 is 0 Å². The second-order valence-electron chi connectivity index (χ2n) is 5.00. The van der Waals surface area contributed by atoms with Gasteiger partial charge in [0, 0.05) is 34.9 Å². The van der Waals surface area contributed by atoms with E-state index in [1.165, 1.54) is 0 Å². The molecule has 3 nitrogen and oxygen atoms in total. The number of nitriles is 1. The number of nitrogens with one attached hydrogen (secondary N) is 1. The summed E-state index contributed by atoms with van der Waals surface area (Å²) in [5.74, 6) is 0. The topological polar surface area (TPSA) is 48.7 Å². The van der Waals surface area contributed by atoms with Gasteiger partial charge in [-0.1, -0.05) is 24.3 Å². The summed E-state index contributed by atoms with van der Waals surface area (Å²) >= 11 is 0. The van der Waals surface area contributed by atoms with E-state index in [-0.39, 0.29) is 6.04 Å². The first kappa shape index (κ1) is 13.1. The molecule has 0 amide bonds. The second kappa shape index (κ2) is 5.64. The minimum Gasteiger partial charge on any atom is -0.378 e. The van der Waals surface area contributed by atoms with Crippen molar-refractivity contribution < 1.29 is 0 Å². The number of anilines is 1. The van der Waals surface area contributed by atoms with Crippen molar-refractivity contribution in [3.8, 4) is 6.07 Å². The van der Waals surface area contributed by atoms with E-state index in [0.717, 1.165) is 22.0 Å². The van der Waals surface area contributed by atoms with Crippen LogP contribution in [-0.2, 0) is 0 Å². The predicted molar refractivity (Wildman–Crippen MR) is 84.9 cm³/mol. The van der Waals surface area contributed by atoms with Gasteiger partial charge in [0.1, 0.15) is 0 Å². The Bertz CT molecular complexity index is 795. The van der Waals surface area contributed by atoms with Crippen LogP contribution in [0, 0.1) is 11.3 Å². The molecule has 1 aromatic heterocycles. The summed E-state index contributed by atoms with van der Waals surface area (Å²) in [6.07, 6.45) is 3.67. The quantitative estimate of drug-likeness (QED) is 0.774. The zero-order valence-electron chi connectivity index (χ0n) is 11.7. The van der Waals surface area contributed by atoms with E-state index in [4.69, 9.17) is 5.26 Å². The summed E-state index contributed by atoms with van der Waals surface area (Å²) in [6.45, 7) is 2.11. The van der Waals surface area contributed by atoms with Gasteiger partial charge in [0.05, 0.1) is 11.6 Å². The lowest BCUT2D eigenvalue weighted by atomic mass is 10.1. The highest BCUT2D eigenvalue weighted by Crippen LogP contribution is 2.26. The van der Waals surface area contributed by atoms with Crippen molar-refractivity contribution in [2.45, 2.75) is 13.0 Å².